The maximum absolute atomic E-state index is 12.1. The molecule has 0 saturated carbocycles. The molecule has 0 aliphatic rings. The van der Waals surface area contributed by atoms with Gasteiger partial charge >= 0.3 is 0 Å². The normalized spacial score (nSPS) is 12.9. The molecule has 1 aromatic rings. The van der Waals surface area contributed by atoms with E-state index in [4.69, 9.17) is 10.9 Å². The molecule has 0 radical (unpaired) electrons. The van der Waals surface area contributed by atoms with Crippen LogP contribution in [0.5, 0.6) is 0 Å². The van der Waals surface area contributed by atoms with E-state index in [0.29, 0.717) is 12.1 Å². The zero-order chi connectivity index (χ0) is 15.7. The maximum atomic E-state index is 12.1. The van der Waals surface area contributed by atoms with Crippen molar-refractivity contribution >= 4 is 15.7 Å². The zero-order valence-electron chi connectivity index (χ0n) is 12.0. The molecule has 0 saturated heterocycles. The van der Waals surface area contributed by atoms with E-state index in [2.05, 4.69) is 10.5 Å². The number of benzene rings is 1. The van der Waals surface area contributed by atoms with E-state index in [9.17, 15) is 8.42 Å². The minimum absolute atomic E-state index is 0.0335. The van der Waals surface area contributed by atoms with Crippen LogP contribution in [0.15, 0.2) is 46.5 Å². The lowest BCUT2D eigenvalue weighted by Crippen LogP contribution is -2.23. The van der Waals surface area contributed by atoms with E-state index in [1.165, 1.54) is 24.3 Å². The van der Waals surface area contributed by atoms with E-state index in [-0.39, 0.29) is 16.5 Å². The molecule has 0 aliphatic carbocycles. The second kappa shape index (κ2) is 8.43. The van der Waals surface area contributed by atoms with Gasteiger partial charge in [-0.25, -0.2) is 8.42 Å². The molecule has 6 nitrogen and oxygen atoms in total. The van der Waals surface area contributed by atoms with Gasteiger partial charge < -0.3 is 16.3 Å². The molecule has 0 atom stereocenters. The summed E-state index contributed by atoms with van der Waals surface area (Å²) in [4.78, 5) is 0.229. The summed E-state index contributed by atoms with van der Waals surface area (Å²) in [6.07, 6.45) is 4.86. The molecular formula is C14H21N3O3S. The molecule has 7 heteroatoms. The van der Waals surface area contributed by atoms with Crippen LogP contribution >= 0.6 is 0 Å². The van der Waals surface area contributed by atoms with Gasteiger partial charge in [-0.05, 0) is 44.2 Å². The number of oxime groups is 1. The lowest BCUT2D eigenvalue weighted by Gasteiger charge is -2.06. The lowest BCUT2D eigenvalue weighted by molar-refractivity contribution is 0.318. The highest BCUT2D eigenvalue weighted by Gasteiger charge is 2.14. The fourth-order valence-corrected chi connectivity index (χ4v) is 2.89. The summed E-state index contributed by atoms with van der Waals surface area (Å²) in [7, 11) is -3.33. The smallest absolute Gasteiger partial charge is 0.179 e. The van der Waals surface area contributed by atoms with E-state index in [1.54, 1.807) is 0 Å². The Hall–Kier alpha value is -1.86. The number of allylic oxidation sites excluding steroid dienone is 1. The molecule has 0 bridgehead atoms. The molecule has 0 amide bonds. The van der Waals surface area contributed by atoms with E-state index >= 15 is 0 Å². The number of sulfone groups is 1. The molecule has 21 heavy (non-hydrogen) atoms. The van der Waals surface area contributed by atoms with Crippen LogP contribution in [0, 0.1) is 0 Å². The lowest BCUT2D eigenvalue weighted by atomic mass is 10.2. The second-order valence-electron chi connectivity index (χ2n) is 4.44. The average Bonchev–Trinajstić information content (AvgIpc) is 2.50. The average molecular weight is 311 g/mol. The SMILES string of the molecule is C/C=C/CCNCCS(=O)(=O)c1ccc(/C(N)=N/O)cc1. The third kappa shape index (κ3) is 5.57. The minimum atomic E-state index is -3.33. The van der Waals surface area contributed by atoms with Crippen molar-refractivity contribution in [1.82, 2.24) is 5.32 Å². The van der Waals surface area contributed by atoms with Gasteiger partial charge in [-0.2, -0.15) is 0 Å². The molecular weight excluding hydrogens is 290 g/mol. The van der Waals surface area contributed by atoms with Crippen molar-refractivity contribution in [1.29, 1.82) is 0 Å². The molecule has 0 spiro atoms. The van der Waals surface area contributed by atoms with Gasteiger partial charge in [-0.3, -0.25) is 0 Å². The zero-order valence-corrected chi connectivity index (χ0v) is 12.8. The Kier molecular flexibility index (Phi) is 6.90. The monoisotopic (exact) mass is 311 g/mol. The fourth-order valence-electron chi connectivity index (χ4n) is 1.69. The van der Waals surface area contributed by atoms with Gasteiger partial charge in [0.1, 0.15) is 0 Å². The van der Waals surface area contributed by atoms with Crippen molar-refractivity contribution in [2.24, 2.45) is 10.9 Å². The molecule has 0 fully saturated rings. The number of rotatable bonds is 8. The third-order valence-electron chi connectivity index (χ3n) is 2.89. The van der Waals surface area contributed by atoms with Crippen molar-refractivity contribution < 1.29 is 13.6 Å². The van der Waals surface area contributed by atoms with E-state index in [1.807, 2.05) is 19.1 Å². The van der Waals surface area contributed by atoms with Crippen molar-refractivity contribution in [3.8, 4) is 0 Å². The summed E-state index contributed by atoms with van der Waals surface area (Å²) in [6.45, 7) is 3.10. The molecule has 0 aromatic heterocycles. The predicted octanol–water partition coefficient (Wildman–Crippen LogP) is 1.11. The van der Waals surface area contributed by atoms with Gasteiger partial charge in [0.2, 0.25) is 0 Å². The summed E-state index contributed by atoms with van der Waals surface area (Å²) >= 11 is 0. The van der Waals surface area contributed by atoms with Crippen LogP contribution in [0.2, 0.25) is 0 Å². The highest BCUT2D eigenvalue weighted by molar-refractivity contribution is 7.91. The van der Waals surface area contributed by atoms with Crippen LogP contribution in [0.4, 0.5) is 0 Å². The number of nitrogens with one attached hydrogen (secondary N) is 1. The minimum Gasteiger partial charge on any atom is -0.409 e. The van der Waals surface area contributed by atoms with Crippen molar-refractivity contribution in [2.75, 3.05) is 18.8 Å². The van der Waals surface area contributed by atoms with Gasteiger partial charge in [0.15, 0.2) is 15.7 Å². The van der Waals surface area contributed by atoms with Crippen molar-refractivity contribution in [3.05, 3.63) is 42.0 Å². The molecule has 116 valence electrons. The van der Waals surface area contributed by atoms with E-state index in [0.717, 1.165) is 13.0 Å². The van der Waals surface area contributed by atoms with Crippen LogP contribution in [-0.2, 0) is 9.84 Å². The summed E-state index contributed by atoms with van der Waals surface area (Å²) in [5.41, 5.74) is 5.90. The summed E-state index contributed by atoms with van der Waals surface area (Å²) < 4.78 is 24.2. The summed E-state index contributed by atoms with van der Waals surface area (Å²) in [6, 6.07) is 5.95. The van der Waals surface area contributed by atoms with Crippen LogP contribution in [-0.4, -0.2) is 38.3 Å². The first-order valence-electron chi connectivity index (χ1n) is 6.64. The van der Waals surface area contributed by atoms with Gasteiger partial charge in [-0.15, -0.1) is 0 Å². The number of amidine groups is 1. The highest BCUT2D eigenvalue weighted by Crippen LogP contribution is 2.12. The largest absolute Gasteiger partial charge is 0.409 e. The molecule has 1 rings (SSSR count). The molecule has 0 unspecified atom stereocenters. The van der Waals surface area contributed by atoms with Crippen molar-refractivity contribution in [2.45, 2.75) is 18.2 Å². The van der Waals surface area contributed by atoms with Crippen molar-refractivity contribution in [3.63, 3.8) is 0 Å². The fraction of sp³-hybridized carbons (Fsp3) is 0.357. The Labute approximate surface area is 125 Å². The Balaban J connectivity index is 2.58. The first-order valence-corrected chi connectivity index (χ1v) is 8.29. The van der Waals surface area contributed by atoms with Gasteiger partial charge in [0.25, 0.3) is 0 Å². The molecule has 0 heterocycles. The quantitative estimate of drug-likeness (QED) is 0.167. The first-order chi connectivity index (χ1) is 10.0. The first kappa shape index (κ1) is 17.2. The number of nitrogens with zero attached hydrogens (tertiary/aromatic N) is 1. The second-order valence-corrected chi connectivity index (χ2v) is 6.55. The van der Waals surface area contributed by atoms with Gasteiger partial charge in [0, 0.05) is 12.1 Å². The number of hydrogen-bond acceptors (Lipinski definition) is 5. The maximum Gasteiger partial charge on any atom is 0.179 e. The molecule has 1 aromatic carbocycles. The Morgan fingerprint density at radius 3 is 2.57 bits per heavy atom. The molecule has 4 N–H and O–H groups in total. The molecule has 0 aliphatic heterocycles. The van der Waals surface area contributed by atoms with Gasteiger partial charge in [0.05, 0.1) is 10.6 Å². The van der Waals surface area contributed by atoms with E-state index < -0.39 is 9.84 Å². The highest BCUT2D eigenvalue weighted by atomic mass is 32.2. The summed E-state index contributed by atoms with van der Waals surface area (Å²) in [5, 5.41) is 14.5. The van der Waals surface area contributed by atoms with Crippen LogP contribution < -0.4 is 11.1 Å². The van der Waals surface area contributed by atoms with Crippen LogP contribution in [0.25, 0.3) is 0 Å². The van der Waals surface area contributed by atoms with Gasteiger partial charge in [-0.1, -0.05) is 17.3 Å². The summed E-state index contributed by atoms with van der Waals surface area (Å²) in [5.74, 6) is -0.0178. The Bertz CT molecular complexity index is 592. The Morgan fingerprint density at radius 2 is 2.00 bits per heavy atom. The standard InChI is InChI=1S/C14H21N3O3S/c1-2-3-4-9-16-10-11-21(19,20)13-7-5-12(6-8-13)14(15)17-18/h2-3,5-8,16,18H,4,9-11H2,1H3,(H2,15,17)/b3-2+. The third-order valence-corrected chi connectivity index (χ3v) is 4.62. The number of hydrogen-bond donors (Lipinski definition) is 3. The van der Waals surface area contributed by atoms with Crippen LogP contribution in [0.1, 0.15) is 18.9 Å². The predicted molar refractivity (Wildman–Crippen MR) is 83.3 cm³/mol. The number of nitrogens with two attached hydrogens (primary N) is 1. The Morgan fingerprint density at radius 1 is 1.33 bits per heavy atom. The van der Waals surface area contributed by atoms with Crippen LogP contribution in [0.3, 0.4) is 0 Å². The topological polar surface area (TPSA) is 105 Å².